The maximum Gasteiger partial charge on any atom is 0.271 e. The number of carbonyl (C=O) groups excluding carboxylic acids is 1. The number of nitro groups is 1. The normalized spacial score (nSPS) is 10.6. The summed E-state index contributed by atoms with van der Waals surface area (Å²) in [5.74, 6) is 0.148. The van der Waals surface area contributed by atoms with Crippen LogP contribution < -0.4 is 10.2 Å². The summed E-state index contributed by atoms with van der Waals surface area (Å²) in [5.41, 5.74) is 2.90. The third-order valence-electron chi connectivity index (χ3n) is 2.97. The van der Waals surface area contributed by atoms with E-state index in [2.05, 4.69) is 26.5 Å². The van der Waals surface area contributed by atoms with Crippen LogP contribution in [0.1, 0.15) is 15.9 Å². The first-order valence-electron chi connectivity index (χ1n) is 6.53. The molecule has 2 aromatic carbocycles. The number of hydrogen-bond donors (Lipinski definition) is 1. The molecule has 0 radical (unpaired) electrons. The molecule has 0 aliphatic rings. The lowest BCUT2D eigenvalue weighted by Crippen LogP contribution is -2.17. The summed E-state index contributed by atoms with van der Waals surface area (Å²) >= 11 is 9.23. The molecule has 1 N–H and O–H groups in total. The Kier molecular flexibility index (Phi) is 5.88. The molecule has 9 heteroatoms. The maximum absolute atomic E-state index is 12.0. The highest BCUT2D eigenvalue weighted by atomic mass is 79.9. The minimum Gasteiger partial charge on any atom is -0.496 e. The van der Waals surface area contributed by atoms with Crippen molar-refractivity contribution in [2.24, 2.45) is 5.10 Å². The SMILES string of the molecule is COc1ccc(C(=O)NN=Cc2cc([N+](=O)[O-])ccc2Cl)cc1Br. The predicted molar refractivity (Wildman–Crippen MR) is 93.9 cm³/mol. The molecule has 0 atom stereocenters. The first kappa shape index (κ1) is 17.9. The zero-order valence-electron chi connectivity index (χ0n) is 12.3. The van der Waals surface area contributed by atoms with Gasteiger partial charge in [-0.25, -0.2) is 5.43 Å². The number of ether oxygens (including phenoxy) is 1. The Labute approximate surface area is 150 Å². The van der Waals surface area contributed by atoms with E-state index in [1.54, 1.807) is 18.2 Å². The number of carbonyl (C=O) groups is 1. The van der Waals surface area contributed by atoms with Gasteiger partial charge in [0.1, 0.15) is 5.75 Å². The second-order valence-electron chi connectivity index (χ2n) is 4.51. The van der Waals surface area contributed by atoms with Crippen molar-refractivity contribution in [3.63, 3.8) is 0 Å². The number of hydrazone groups is 1. The van der Waals surface area contributed by atoms with Crippen molar-refractivity contribution in [1.82, 2.24) is 5.43 Å². The van der Waals surface area contributed by atoms with Crippen LogP contribution in [0.15, 0.2) is 46.0 Å². The summed E-state index contributed by atoms with van der Waals surface area (Å²) in [7, 11) is 1.52. The van der Waals surface area contributed by atoms with Crippen LogP contribution in [0.25, 0.3) is 0 Å². The summed E-state index contributed by atoms with van der Waals surface area (Å²) in [5, 5.41) is 14.8. The monoisotopic (exact) mass is 411 g/mol. The standard InChI is InChI=1S/C15H11BrClN3O4/c1-24-14-5-2-9(7-12(14)16)15(21)19-18-8-10-6-11(20(22)23)3-4-13(10)17/h2-8H,1H3,(H,19,21). The van der Waals surface area contributed by atoms with Gasteiger partial charge in [0.05, 0.1) is 22.7 Å². The minimum absolute atomic E-state index is 0.119. The molecule has 7 nitrogen and oxygen atoms in total. The molecule has 24 heavy (non-hydrogen) atoms. The summed E-state index contributed by atoms with van der Waals surface area (Å²) in [6, 6.07) is 8.75. The van der Waals surface area contributed by atoms with Gasteiger partial charge < -0.3 is 4.74 Å². The van der Waals surface area contributed by atoms with E-state index >= 15 is 0 Å². The minimum atomic E-state index is -0.541. The van der Waals surface area contributed by atoms with Crippen LogP contribution >= 0.6 is 27.5 Å². The highest BCUT2D eigenvalue weighted by Gasteiger charge is 2.10. The van der Waals surface area contributed by atoms with E-state index in [0.717, 1.165) is 0 Å². The average Bonchev–Trinajstić information content (AvgIpc) is 2.56. The molecule has 124 valence electrons. The fraction of sp³-hybridized carbons (Fsp3) is 0.0667. The largest absolute Gasteiger partial charge is 0.496 e. The molecule has 1 amide bonds. The Morgan fingerprint density at radius 2 is 2.12 bits per heavy atom. The fourth-order valence-corrected chi connectivity index (χ4v) is 2.48. The number of nitrogens with one attached hydrogen (secondary N) is 1. The Morgan fingerprint density at radius 3 is 2.75 bits per heavy atom. The Bertz CT molecular complexity index is 826. The van der Waals surface area contributed by atoms with E-state index in [0.29, 0.717) is 21.3 Å². The van der Waals surface area contributed by atoms with E-state index in [-0.39, 0.29) is 10.7 Å². The lowest BCUT2D eigenvalue weighted by Gasteiger charge is -2.05. The third kappa shape index (κ3) is 4.30. The Morgan fingerprint density at radius 1 is 1.38 bits per heavy atom. The molecule has 0 spiro atoms. The fourth-order valence-electron chi connectivity index (χ4n) is 1.78. The number of rotatable bonds is 5. The van der Waals surface area contributed by atoms with Crippen LogP contribution in [-0.4, -0.2) is 24.2 Å². The molecule has 0 bridgehead atoms. The highest BCUT2D eigenvalue weighted by molar-refractivity contribution is 9.10. The molecule has 0 aliphatic heterocycles. The van der Waals surface area contributed by atoms with Gasteiger partial charge in [0.15, 0.2) is 0 Å². The van der Waals surface area contributed by atoms with E-state index in [1.807, 2.05) is 0 Å². The van der Waals surface area contributed by atoms with Crippen molar-refractivity contribution in [3.05, 3.63) is 67.1 Å². The number of methoxy groups -OCH3 is 1. The molecule has 0 saturated carbocycles. The zero-order valence-corrected chi connectivity index (χ0v) is 14.7. The van der Waals surface area contributed by atoms with E-state index in [4.69, 9.17) is 16.3 Å². The van der Waals surface area contributed by atoms with Gasteiger partial charge in [-0.15, -0.1) is 0 Å². The number of nitro benzene ring substituents is 1. The molecule has 0 fully saturated rings. The topological polar surface area (TPSA) is 93.8 Å². The summed E-state index contributed by atoms with van der Waals surface area (Å²) < 4.78 is 5.71. The average molecular weight is 413 g/mol. The first-order valence-corrected chi connectivity index (χ1v) is 7.70. The van der Waals surface area contributed by atoms with Crippen molar-refractivity contribution in [2.75, 3.05) is 7.11 Å². The Hall–Kier alpha value is -2.45. The van der Waals surface area contributed by atoms with Crippen LogP contribution in [0.3, 0.4) is 0 Å². The van der Waals surface area contributed by atoms with Crippen molar-refractivity contribution >= 4 is 45.3 Å². The van der Waals surface area contributed by atoms with Gasteiger partial charge in [-0.05, 0) is 40.2 Å². The van der Waals surface area contributed by atoms with Gasteiger partial charge in [0, 0.05) is 28.3 Å². The molecule has 0 unspecified atom stereocenters. The molecule has 0 heterocycles. The number of benzene rings is 2. The van der Waals surface area contributed by atoms with Crippen molar-refractivity contribution in [1.29, 1.82) is 0 Å². The Balaban J connectivity index is 2.11. The zero-order chi connectivity index (χ0) is 17.7. The predicted octanol–water partition coefficient (Wildman–Crippen LogP) is 3.78. The van der Waals surface area contributed by atoms with Crippen LogP contribution in [0.4, 0.5) is 5.69 Å². The quantitative estimate of drug-likeness (QED) is 0.459. The number of amides is 1. The van der Waals surface area contributed by atoms with Crippen LogP contribution in [-0.2, 0) is 0 Å². The van der Waals surface area contributed by atoms with Crippen molar-refractivity contribution in [2.45, 2.75) is 0 Å². The molecule has 0 aromatic heterocycles. The van der Waals surface area contributed by atoms with E-state index in [1.165, 1.54) is 31.5 Å². The van der Waals surface area contributed by atoms with Gasteiger partial charge in [-0.1, -0.05) is 11.6 Å². The third-order valence-corrected chi connectivity index (χ3v) is 3.94. The molecular weight excluding hydrogens is 402 g/mol. The van der Waals surface area contributed by atoms with Gasteiger partial charge in [-0.3, -0.25) is 14.9 Å². The number of halogens is 2. The van der Waals surface area contributed by atoms with Crippen LogP contribution in [0.5, 0.6) is 5.75 Å². The second kappa shape index (κ2) is 7.89. The molecule has 0 aliphatic carbocycles. The number of hydrogen-bond acceptors (Lipinski definition) is 5. The molecular formula is C15H11BrClN3O4. The lowest BCUT2D eigenvalue weighted by atomic mass is 10.2. The van der Waals surface area contributed by atoms with E-state index < -0.39 is 10.8 Å². The van der Waals surface area contributed by atoms with Crippen LogP contribution in [0, 0.1) is 10.1 Å². The maximum atomic E-state index is 12.0. The number of nitrogens with zero attached hydrogens (tertiary/aromatic N) is 2. The lowest BCUT2D eigenvalue weighted by molar-refractivity contribution is -0.384. The summed E-state index contributed by atoms with van der Waals surface area (Å²) in [4.78, 5) is 22.2. The van der Waals surface area contributed by atoms with E-state index in [9.17, 15) is 14.9 Å². The molecule has 2 aromatic rings. The van der Waals surface area contributed by atoms with Crippen molar-refractivity contribution in [3.8, 4) is 5.75 Å². The van der Waals surface area contributed by atoms with Gasteiger partial charge >= 0.3 is 0 Å². The van der Waals surface area contributed by atoms with Gasteiger partial charge in [0.25, 0.3) is 11.6 Å². The number of non-ortho nitro benzene ring substituents is 1. The van der Waals surface area contributed by atoms with Crippen molar-refractivity contribution < 1.29 is 14.5 Å². The highest BCUT2D eigenvalue weighted by Crippen LogP contribution is 2.25. The summed E-state index contributed by atoms with van der Waals surface area (Å²) in [6.45, 7) is 0. The second-order valence-corrected chi connectivity index (χ2v) is 5.77. The molecule has 2 rings (SSSR count). The summed E-state index contributed by atoms with van der Waals surface area (Å²) in [6.07, 6.45) is 1.24. The van der Waals surface area contributed by atoms with Gasteiger partial charge in [-0.2, -0.15) is 5.10 Å². The molecule has 0 saturated heterocycles. The first-order chi connectivity index (χ1) is 11.4. The van der Waals surface area contributed by atoms with Crippen LogP contribution in [0.2, 0.25) is 5.02 Å². The van der Waals surface area contributed by atoms with Gasteiger partial charge in [0.2, 0.25) is 0 Å². The smallest absolute Gasteiger partial charge is 0.271 e.